The van der Waals surface area contributed by atoms with Crippen LogP contribution in [-0.2, 0) is 0 Å². The van der Waals surface area contributed by atoms with Gasteiger partial charge in [0.1, 0.15) is 0 Å². The minimum atomic E-state index is 0.975. The first-order chi connectivity index (χ1) is 20.3. The van der Waals surface area contributed by atoms with E-state index in [4.69, 9.17) is 0 Å². The lowest BCUT2D eigenvalue weighted by atomic mass is 10.0. The Kier molecular flexibility index (Phi) is 37.4. The van der Waals surface area contributed by atoms with E-state index < -0.39 is 0 Å². The Morgan fingerprint density at radius 1 is 0.390 bits per heavy atom. The monoisotopic (exact) mass is 614 g/mol. The highest BCUT2D eigenvalue weighted by Crippen LogP contribution is 2.21. The molecule has 0 spiro atoms. The van der Waals surface area contributed by atoms with Gasteiger partial charge in [-0.1, -0.05) is 156 Å². The Labute approximate surface area is 270 Å². The molecular weight excluding hydrogens is 535 g/mol. The maximum Gasteiger partial charge on any atom is -0.00392 e. The van der Waals surface area contributed by atoms with Gasteiger partial charge in [-0.15, -0.1) is 0 Å². The smallest absolute Gasteiger partial charge is 0.00392 e. The van der Waals surface area contributed by atoms with E-state index in [0.717, 1.165) is 11.8 Å². The van der Waals surface area contributed by atoms with Crippen molar-refractivity contribution in [3.63, 3.8) is 0 Å². The number of hydrogen-bond donors (Lipinski definition) is 1. The molecule has 0 aromatic rings. The summed E-state index contributed by atoms with van der Waals surface area (Å²) in [5, 5.41) is 3.69. The maximum absolute atomic E-state index is 3.69. The third-order valence-electron chi connectivity index (χ3n) is 9.08. The van der Waals surface area contributed by atoms with E-state index in [2.05, 4.69) is 56.5 Å². The minimum Gasteiger partial charge on any atom is -0.317 e. The molecule has 0 saturated carbocycles. The fourth-order valence-electron chi connectivity index (χ4n) is 5.80. The molecule has 0 saturated heterocycles. The molecule has 41 heavy (non-hydrogen) atoms. The highest BCUT2D eigenvalue weighted by atomic mass is 32.2. The van der Waals surface area contributed by atoms with Crippen molar-refractivity contribution in [2.75, 3.05) is 36.1 Å². The molecule has 1 nitrogen and oxygen atoms in total. The zero-order valence-corrected chi connectivity index (χ0v) is 30.7. The lowest BCUT2D eigenvalue weighted by Crippen LogP contribution is -2.16. The number of hydrogen-bond acceptors (Lipinski definition) is 3. The van der Waals surface area contributed by atoms with Gasteiger partial charge in [0.25, 0.3) is 0 Å². The van der Waals surface area contributed by atoms with Gasteiger partial charge in [0.15, 0.2) is 0 Å². The molecule has 3 heteroatoms. The summed E-state index contributed by atoms with van der Waals surface area (Å²) >= 11 is 4.45. The fraction of sp³-hybridized carbons (Fsp3) is 1.00. The normalized spacial score (nSPS) is 13.2. The molecule has 0 aromatic heterocycles. The highest BCUT2D eigenvalue weighted by molar-refractivity contribution is 7.99. The van der Waals surface area contributed by atoms with E-state index in [0.29, 0.717) is 0 Å². The van der Waals surface area contributed by atoms with Gasteiger partial charge in [0.2, 0.25) is 0 Å². The van der Waals surface area contributed by atoms with Gasteiger partial charge in [-0.25, -0.2) is 0 Å². The van der Waals surface area contributed by atoms with Crippen LogP contribution in [0.2, 0.25) is 0 Å². The molecule has 0 bridgehead atoms. The fourth-order valence-corrected chi connectivity index (χ4v) is 8.43. The second kappa shape index (κ2) is 36.8. The number of nitrogens with one attached hydrogen (secondary N) is 1. The van der Waals surface area contributed by atoms with Gasteiger partial charge in [0, 0.05) is 0 Å². The summed E-state index contributed by atoms with van der Waals surface area (Å²) in [6, 6.07) is 0. The van der Waals surface area contributed by atoms with Crippen molar-refractivity contribution in [2.24, 2.45) is 11.8 Å². The number of thioether (sulfide) groups is 2. The quantitative estimate of drug-likeness (QED) is 0.0706. The van der Waals surface area contributed by atoms with Crippen molar-refractivity contribution in [3.05, 3.63) is 0 Å². The highest BCUT2D eigenvalue weighted by Gasteiger charge is 2.06. The lowest BCUT2D eigenvalue weighted by Gasteiger charge is -2.13. The molecule has 0 aliphatic heterocycles. The van der Waals surface area contributed by atoms with Gasteiger partial charge in [-0.2, -0.15) is 23.5 Å². The van der Waals surface area contributed by atoms with Crippen molar-refractivity contribution in [2.45, 2.75) is 195 Å². The van der Waals surface area contributed by atoms with Crippen molar-refractivity contribution < 1.29 is 0 Å². The summed E-state index contributed by atoms with van der Waals surface area (Å²) in [7, 11) is 0. The van der Waals surface area contributed by atoms with Crippen LogP contribution in [0, 0.1) is 11.8 Å². The Morgan fingerprint density at radius 2 is 0.707 bits per heavy atom. The zero-order valence-electron chi connectivity index (χ0n) is 29.1. The van der Waals surface area contributed by atoms with Crippen LogP contribution in [0.3, 0.4) is 0 Å². The summed E-state index contributed by atoms with van der Waals surface area (Å²) < 4.78 is 0. The molecule has 0 aromatic carbocycles. The van der Waals surface area contributed by atoms with Crippen LogP contribution < -0.4 is 5.32 Å². The van der Waals surface area contributed by atoms with Crippen molar-refractivity contribution in [3.8, 4) is 0 Å². The van der Waals surface area contributed by atoms with Crippen molar-refractivity contribution in [1.82, 2.24) is 5.32 Å². The predicted molar refractivity (Wildman–Crippen MR) is 197 cm³/mol. The summed E-state index contributed by atoms with van der Waals surface area (Å²) in [4.78, 5) is 0. The largest absolute Gasteiger partial charge is 0.317 e. The molecule has 2 unspecified atom stereocenters. The Hall–Kier alpha value is 0.660. The Morgan fingerprint density at radius 3 is 1.02 bits per heavy atom. The number of unbranched alkanes of at least 4 members (excludes halogenated alkanes) is 18. The average Bonchev–Trinajstić information content (AvgIpc) is 2.99. The van der Waals surface area contributed by atoms with Gasteiger partial charge in [0.05, 0.1) is 0 Å². The van der Waals surface area contributed by atoms with Crippen molar-refractivity contribution in [1.29, 1.82) is 0 Å². The van der Waals surface area contributed by atoms with Crippen LogP contribution in [-0.4, -0.2) is 36.1 Å². The summed E-state index contributed by atoms with van der Waals surface area (Å²) in [5.41, 5.74) is 0. The van der Waals surface area contributed by atoms with E-state index in [1.54, 1.807) is 0 Å². The first-order valence-electron chi connectivity index (χ1n) is 19.1. The van der Waals surface area contributed by atoms with E-state index >= 15 is 0 Å². The standard InChI is InChI=1S/C38H79NS2/c1-5-9-29-37(7-3)35-40-33-27-23-19-15-11-13-17-21-25-31-39-32-26-22-18-14-12-16-20-24-28-34-41-36-38(8-4)30-10-6-2/h37-39H,5-36H2,1-4H3. The van der Waals surface area contributed by atoms with Crippen LogP contribution in [0.4, 0.5) is 0 Å². The van der Waals surface area contributed by atoms with E-state index in [-0.39, 0.29) is 0 Å². The SMILES string of the molecule is CCCCC(CC)CSCCCCCCCCCCCNCCCCCCCCCCCSCC(CC)CCCC. The second-order valence-corrected chi connectivity index (χ2v) is 15.4. The molecule has 0 heterocycles. The predicted octanol–water partition coefficient (Wildman–Crippen LogP) is 13.5. The van der Waals surface area contributed by atoms with Crippen molar-refractivity contribution >= 4 is 23.5 Å². The van der Waals surface area contributed by atoms with E-state index in [1.807, 2.05) is 0 Å². The van der Waals surface area contributed by atoms with Crippen LogP contribution in [0.1, 0.15) is 195 Å². The molecule has 0 aliphatic rings. The molecule has 248 valence electrons. The minimum absolute atomic E-state index is 0.975. The Balaban J connectivity index is 3.15. The lowest BCUT2D eigenvalue weighted by molar-refractivity contribution is 0.499. The van der Waals surface area contributed by atoms with Gasteiger partial charge in [-0.3, -0.25) is 0 Å². The summed E-state index contributed by atoms with van der Waals surface area (Å²) in [5.74, 6) is 7.56. The molecule has 0 radical (unpaired) electrons. The van der Waals surface area contributed by atoms with Crippen LogP contribution in [0.5, 0.6) is 0 Å². The first-order valence-corrected chi connectivity index (χ1v) is 21.4. The molecule has 2 atom stereocenters. The van der Waals surface area contributed by atoms with Crippen LogP contribution in [0.25, 0.3) is 0 Å². The van der Waals surface area contributed by atoms with Crippen LogP contribution >= 0.6 is 23.5 Å². The van der Waals surface area contributed by atoms with Gasteiger partial charge >= 0.3 is 0 Å². The van der Waals surface area contributed by atoms with Gasteiger partial charge in [-0.05, 0) is 86.5 Å². The first kappa shape index (κ1) is 41.7. The zero-order chi connectivity index (χ0) is 29.9. The summed E-state index contributed by atoms with van der Waals surface area (Å²) in [6.45, 7) is 11.9. The van der Waals surface area contributed by atoms with E-state index in [9.17, 15) is 0 Å². The second-order valence-electron chi connectivity index (χ2n) is 13.1. The summed E-state index contributed by atoms with van der Waals surface area (Å²) in [6.07, 6.45) is 37.3. The molecule has 0 rings (SSSR count). The maximum atomic E-state index is 3.69. The van der Waals surface area contributed by atoms with E-state index in [1.165, 1.54) is 203 Å². The van der Waals surface area contributed by atoms with Crippen LogP contribution in [0.15, 0.2) is 0 Å². The molecule has 0 amide bonds. The third kappa shape index (κ3) is 33.4. The molecule has 0 aliphatic carbocycles. The average molecular weight is 614 g/mol. The number of rotatable bonds is 36. The molecule has 1 N–H and O–H groups in total. The molecular formula is C38H79NS2. The molecule has 0 fully saturated rings. The topological polar surface area (TPSA) is 12.0 Å². The van der Waals surface area contributed by atoms with Gasteiger partial charge < -0.3 is 5.32 Å². The Bertz CT molecular complexity index is 418. The third-order valence-corrected chi connectivity index (χ3v) is 11.6.